The molecular weight excluding hydrogens is 500 g/mol. The zero-order valence-electron chi connectivity index (χ0n) is 25.5. The molecule has 0 aliphatic carbocycles. The van der Waals surface area contributed by atoms with Crippen molar-refractivity contribution in [2.75, 3.05) is 0 Å². The summed E-state index contributed by atoms with van der Waals surface area (Å²) in [6.45, 7) is 12.6. The molecule has 0 aromatic carbocycles. The average Bonchev–Trinajstić information content (AvgIpc) is 2.82. The van der Waals surface area contributed by atoms with Crippen molar-refractivity contribution in [3.05, 3.63) is 0 Å². The molecule has 0 heterocycles. The summed E-state index contributed by atoms with van der Waals surface area (Å²) >= 11 is 0. The van der Waals surface area contributed by atoms with Gasteiger partial charge < -0.3 is 25.5 Å². The quantitative estimate of drug-likeness (QED) is 0.0815. The van der Waals surface area contributed by atoms with Gasteiger partial charge in [-0.05, 0) is 37.0 Å². The van der Waals surface area contributed by atoms with Crippen LogP contribution in [-0.4, -0.2) is 55.6 Å². The zero-order valence-corrected chi connectivity index (χ0v) is 25.5. The molecule has 3 unspecified atom stereocenters. The van der Waals surface area contributed by atoms with Crippen LogP contribution >= 0.6 is 0 Å². The molecule has 0 aromatic heterocycles. The van der Waals surface area contributed by atoms with Crippen molar-refractivity contribution in [2.45, 2.75) is 150 Å². The van der Waals surface area contributed by atoms with E-state index in [9.17, 15) is 39.9 Å². The van der Waals surface area contributed by atoms with E-state index in [2.05, 4.69) is 41.5 Å². The summed E-state index contributed by atoms with van der Waals surface area (Å²) in [4.78, 5) is 38.1. The number of hydrogen-bond acceptors (Lipinski definition) is 5. The lowest BCUT2D eigenvalue weighted by atomic mass is 9.53. The first-order chi connectivity index (χ1) is 18.2. The molecule has 0 fully saturated rings. The Morgan fingerprint density at radius 3 is 1.18 bits per heavy atom. The van der Waals surface area contributed by atoms with Crippen LogP contribution in [-0.2, 0) is 14.4 Å². The maximum atomic E-state index is 13.2. The standard InChI is InChI=1S/C31H58O8/c1-22(2)16-10-7-13-19-30(28(36)37,20-14-8-11-17-23(3)4)31(29(38)39,26(33)25(32)27(34)35)21-15-9-12-18-24(5)6/h22-26,32-33H,7-21H2,1-6H3,(H,34,35)(H,36,37)(H,38,39). The van der Waals surface area contributed by atoms with E-state index in [1.165, 1.54) is 0 Å². The highest BCUT2D eigenvalue weighted by molar-refractivity contribution is 5.88. The van der Waals surface area contributed by atoms with E-state index >= 15 is 0 Å². The van der Waals surface area contributed by atoms with Crippen LogP contribution < -0.4 is 0 Å². The number of rotatable bonds is 24. The molecule has 8 heteroatoms. The predicted molar refractivity (Wildman–Crippen MR) is 154 cm³/mol. The molecule has 0 aliphatic rings. The molecule has 0 spiro atoms. The lowest BCUT2D eigenvalue weighted by Gasteiger charge is -2.49. The molecule has 5 N–H and O–H groups in total. The number of carboxylic acid groups (broad SMARTS) is 3. The molecule has 8 nitrogen and oxygen atoms in total. The number of aliphatic hydroxyl groups excluding tert-OH is 2. The molecular formula is C31H58O8. The van der Waals surface area contributed by atoms with Gasteiger partial charge in [-0.2, -0.15) is 0 Å². The first-order valence-corrected chi connectivity index (χ1v) is 15.2. The minimum atomic E-state index is -2.41. The molecule has 39 heavy (non-hydrogen) atoms. The lowest BCUT2D eigenvalue weighted by Crippen LogP contribution is -2.62. The van der Waals surface area contributed by atoms with Gasteiger partial charge in [-0.1, -0.05) is 119 Å². The van der Waals surface area contributed by atoms with Gasteiger partial charge in [-0.15, -0.1) is 0 Å². The molecule has 3 atom stereocenters. The van der Waals surface area contributed by atoms with Crippen molar-refractivity contribution >= 4 is 17.9 Å². The second-order valence-corrected chi connectivity index (χ2v) is 12.9. The number of aliphatic carboxylic acids is 3. The summed E-state index contributed by atoms with van der Waals surface area (Å²) in [6, 6.07) is 0. The van der Waals surface area contributed by atoms with Crippen molar-refractivity contribution in [1.82, 2.24) is 0 Å². The highest BCUT2D eigenvalue weighted by Crippen LogP contribution is 2.54. The van der Waals surface area contributed by atoms with Crippen molar-refractivity contribution in [2.24, 2.45) is 28.6 Å². The third-order valence-electron chi connectivity index (χ3n) is 8.32. The van der Waals surface area contributed by atoms with Crippen molar-refractivity contribution < 1.29 is 39.9 Å². The maximum absolute atomic E-state index is 13.2. The van der Waals surface area contributed by atoms with E-state index in [0.717, 1.165) is 38.5 Å². The Labute approximate surface area is 236 Å². The number of carboxylic acids is 3. The number of unbranched alkanes of at least 4 members (excludes halogenated alkanes) is 6. The van der Waals surface area contributed by atoms with Gasteiger partial charge in [-0.25, -0.2) is 4.79 Å². The molecule has 0 bridgehead atoms. The first-order valence-electron chi connectivity index (χ1n) is 15.2. The highest BCUT2D eigenvalue weighted by Gasteiger charge is 2.65. The second kappa shape index (κ2) is 18.6. The molecule has 0 aliphatic heterocycles. The minimum absolute atomic E-state index is 0.00625. The monoisotopic (exact) mass is 558 g/mol. The third kappa shape index (κ3) is 11.8. The fraction of sp³-hybridized carbons (Fsp3) is 0.903. The Hall–Kier alpha value is -1.67. The van der Waals surface area contributed by atoms with Gasteiger partial charge in [0.25, 0.3) is 0 Å². The predicted octanol–water partition coefficient (Wildman–Crippen LogP) is 6.75. The molecule has 0 saturated carbocycles. The van der Waals surface area contributed by atoms with Crippen LogP contribution in [0.1, 0.15) is 138 Å². The summed E-state index contributed by atoms with van der Waals surface area (Å²) in [5, 5.41) is 52.6. The SMILES string of the molecule is CC(C)CCCCCC(CCCCCC(C)C)(C(=O)O)C(CCCCCC(C)C)(C(=O)O)C(O)C(O)C(=O)O. The van der Waals surface area contributed by atoms with E-state index in [0.29, 0.717) is 56.3 Å². The smallest absolute Gasteiger partial charge is 0.335 e. The van der Waals surface area contributed by atoms with Crippen LogP contribution in [0.5, 0.6) is 0 Å². The van der Waals surface area contributed by atoms with Crippen molar-refractivity contribution in [1.29, 1.82) is 0 Å². The Balaban J connectivity index is 6.53. The van der Waals surface area contributed by atoms with Gasteiger partial charge in [0, 0.05) is 0 Å². The Bertz CT molecular complexity index is 699. The van der Waals surface area contributed by atoms with E-state index in [1.807, 2.05) is 0 Å². The van der Waals surface area contributed by atoms with E-state index in [-0.39, 0.29) is 19.3 Å². The van der Waals surface area contributed by atoms with Gasteiger partial charge >= 0.3 is 17.9 Å². The molecule has 0 aromatic rings. The van der Waals surface area contributed by atoms with Gasteiger partial charge in [-0.3, -0.25) is 9.59 Å². The van der Waals surface area contributed by atoms with Gasteiger partial charge in [0.1, 0.15) is 11.5 Å². The Morgan fingerprint density at radius 2 is 0.897 bits per heavy atom. The van der Waals surface area contributed by atoms with E-state index in [1.54, 1.807) is 0 Å². The third-order valence-corrected chi connectivity index (χ3v) is 8.32. The molecule has 0 saturated heterocycles. The largest absolute Gasteiger partial charge is 0.481 e. The summed E-state index contributed by atoms with van der Waals surface area (Å²) in [7, 11) is 0. The second-order valence-electron chi connectivity index (χ2n) is 12.9. The summed E-state index contributed by atoms with van der Waals surface area (Å²) in [5.41, 5.74) is -4.26. The Kier molecular flexibility index (Phi) is 17.8. The van der Waals surface area contributed by atoms with Crippen LogP contribution in [0.4, 0.5) is 0 Å². The Morgan fingerprint density at radius 1 is 0.538 bits per heavy atom. The molecule has 230 valence electrons. The molecule has 0 radical (unpaired) electrons. The van der Waals surface area contributed by atoms with Gasteiger partial charge in [0.15, 0.2) is 6.10 Å². The average molecular weight is 559 g/mol. The van der Waals surface area contributed by atoms with E-state index < -0.39 is 40.9 Å². The van der Waals surface area contributed by atoms with Crippen LogP contribution in [0, 0.1) is 28.6 Å². The fourth-order valence-electron chi connectivity index (χ4n) is 5.93. The number of aliphatic hydroxyl groups is 2. The van der Waals surface area contributed by atoms with Crippen LogP contribution in [0.3, 0.4) is 0 Å². The lowest BCUT2D eigenvalue weighted by molar-refractivity contribution is -0.204. The van der Waals surface area contributed by atoms with Crippen LogP contribution in [0.2, 0.25) is 0 Å². The summed E-state index contributed by atoms with van der Waals surface area (Å²) < 4.78 is 0. The van der Waals surface area contributed by atoms with Crippen LogP contribution in [0.25, 0.3) is 0 Å². The highest BCUT2D eigenvalue weighted by atomic mass is 16.4. The zero-order chi connectivity index (χ0) is 30.2. The van der Waals surface area contributed by atoms with Crippen molar-refractivity contribution in [3.63, 3.8) is 0 Å². The molecule has 0 amide bonds. The van der Waals surface area contributed by atoms with E-state index in [4.69, 9.17) is 0 Å². The summed E-state index contributed by atoms with van der Waals surface area (Å²) in [5.74, 6) is -3.20. The normalized spacial score (nSPS) is 15.5. The first kappa shape index (κ1) is 37.3. The van der Waals surface area contributed by atoms with Gasteiger partial charge in [0.2, 0.25) is 0 Å². The molecule has 0 rings (SSSR count). The fourth-order valence-corrected chi connectivity index (χ4v) is 5.93. The number of hydrogen-bond donors (Lipinski definition) is 5. The van der Waals surface area contributed by atoms with Crippen LogP contribution in [0.15, 0.2) is 0 Å². The van der Waals surface area contributed by atoms with Crippen molar-refractivity contribution in [3.8, 4) is 0 Å². The number of carbonyl (C=O) groups is 3. The minimum Gasteiger partial charge on any atom is -0.481 e. The van der Waals surface area contributed by atoms with Gasteiger partial charge in [0.05, 0.1) is 5.41 Å². The maximum Gasteiger partial charge on any atom is 0.335 e. The topological polar surface area (TPSA) is 152 Å². The summed E-state index contributed by atoms with van der Waals surface area (Å²) in [6.07, 6.45) is 3.81.